The molecule has 2 heterocycles. The van der Waals surface area contributed by atoms with Gasteiger partial charge in [0.05, 0.1) is 0 Å². The van der Waals surface area contributed by atoms with E-state index in [9.17, 15) is 9.59 Å². The van der Waals surface area contributed by atoms with Crippen molar-refractivity contribution in [3.05, 3.63) is 40.1 Å². The van der Waals surface area contributed by atoms with Crippen LogP contribution in [-0.2, 0) is 20.5 Å². The fourth-order valence-electron chi connectivity index (χ4n) is 3.49. The summed E-state index contributed by atoms with van der Waals surface area (Å²) in [7, 11) is 3.40. The lowest BCUT2D eigenvalue weighted by Crippen LogP contribution is -2.43. The minimum absolute atomic E-state index is 0.0635. The zero-order chi connectivity index (χ0) is 18.0. The third-order valence-electron chi connectivity index (χ3n) is 4.92. The van der Waals surface area contributed by atoms with Gasteiger partial charge in [0.15, 0.2) is 0 Å². The molecule has 25 heavy (non-hydrogen) atoms. The summed E-state index contributed by atoms with van der Waals surface area (Å²) in [6.45, 7) is 1.84. The van der Waals surface area contributed by atoms with E-state index in [1.54, 1.807) is 24.7 Å². The third kappa shape index (κ3) is 3.78. The van der Waals surface area contributed by atoms with E-state index in [1.165, 1.54) is 11.0 Å². The van der Waals surface area contributed by atoms with Gasteiger partial charge in [0.1, 0.15) is 17.8 Å². The molecule has 0 aromatic carbocycles. The number of hydrogen-bond donors (Lipinski definition) is 1. The molecule has 1 aliphatic carbocycles. The number of rotatable bonds is 4. The Labute approximate surface area is 146 Å². The smallest absolute Gasteiger partial charge is 0.345 e. The molecular weight excluding hydrogens is 320 g/mol. The molecular formula is C17H24N6O2. The zero-order valence-electron chi connectivity index (χ0n) is 14.9. The van der Waals surface area contributed by atoms with E-state index in [0.717, 1.165) is 37.2 Å². The van der Waals surface area contributed by atoms with Crippen molar-refractivity contribution in [2.75, 3.05) is 0 Å². The lowest BCUT2D eigenvalue weighted by molar-refractivity contribution is 0.0899. The predicted octanol–water partition coefficient (Wildman–Crippen LogP) is 0.749. The highest BCUT2D eigenvalue weighted by Crippen LogP contribution is 2.27. The summed E-state index contributed by atoms with van der Waals surface area (Å²) in [4.78, 5) is 32.5. The lowest BCUT2D eigenvalue weighted by Gasteiger charge is -2.31. The Balaban J connectivity index is 1.73. The van der Waals surface area contributed by atoms with Gasteiger partial charge in [-0.25, -0.2) is 19.4 Å². The molecule has 0 spiro atoms. The molecule has 0 unspecified atom stereocenters. The van der Waals surface area contributed by atoms with Crippen molar-refractivity contribution in [2.45, 2.75) is 45.1 Å². The Morgan fingerprint density at radius 1 is 1.28 bits per heavy atom. The van der Waals surface area contributed by atoms with Gasteiger partial charge in [-0.1, -0.05) is 12.8 Å². The average Bonchev–Trinajstić information content (AvgIpc) is 2.83. The molecule has 0 radical (unpaired) electrons. The van der Waals surface area contributed by atoms with E-state index in [4.69, 9.17) is 0 Å². The first-order valence-electron chi connectivity index (χ1n) is 8.64. The first kappa shape index (κ1) is 17.3. The molecule has 8 heteroatoms. The molecule has 2 atom stereocenters. The SMILES string of the molecule is Cc1cc(C(=O)N[C@@H]2CCCC[C@@H]2Cc2nn(C)c(=O)n2C)ncn1. The van der Waals surface area contributed by atoms with E-state index < -0.39 is 0 Å². The third-order valence-corrected chi connectivity index (χ3v) is 4.92. The summed E-state index contributed by atoms with van der Waals surface area (Å²) in [6.07, 6.45) is 6.25. The fraction of sp³-hybridized carbons (Fsp3) is 0.588. The first-order chi connectivity index (χ1) is 12.0. The fourth-order valence-corrected chi connectivity index (χ4v) is 3.49. The van der Waals surface area contributed by atoms with Crippen LogP contribution in [0.4, 0.5) is 0 Å². The number of amides is 1. The summed E-state index contributed by atoms with van der Waals surface area (Å²) >= 11 is 0. The molecule has 1 N–H and O–H groups in total. The first-order valence-corrected chi connectivity index (χ1v) is 8.64. The van der Waals surface area contributed by atoms with Gasteiger partial charge in [-0.2, -0.15) is 5.10 Å². The molecule has 8 nitrogen and oxygen atoms in total. The summed E-state index contributed by atoms with van der Waals surface area (Å²) in [5, 5.41) is 7.44. The second-order valence-corrected chi connectivity index (χ2v) is 6.75. The van der Waals surface area contributed by atoms with Crippen LogP contribution < -0.4 is 11.0 Å². The largest absolute Gasteiger partial charge is 0.348 e. The van der Waals surface area contributed by atoms with Crippen LogP contribution in [0.5, 0.6) is 0 Å². The minimum Gasteiger partial charge on any atom is -0.348 e. The molecule has 134 valence electrons. The van der Waals surface area contributed by atoms with E-state index in [-0.39, 0.29) is 23.6 Å². The minimum atomic E-state index is -0.169. The van der Waals surface area contributed by atoms with Gasteiger partial charge in [-0.05, 0) is 31.7 Å². The maximum atomic E-state index is 12.5. The highest BCUT2D eigenvalue weighted by molar-refractivity contribution is 5.92. The number of carbonyl (C=O) groups is 1. The summed E-state index contributed by atoms with van der Waals surface area (Å²) in [5.74, 6) is 0.856. The van der Waals surface area contributed by atoms with Gasteiger partial charge in [0, 0.05) is 32.3 Å². The van der Waals surface area contributed by atoms with Crippen LogP contribution in [0.1, 0.15) is 47.7 Å². The predicted molar refractivity (Wildman–Crippen MR) is 92.1 cm³/mol. The lowest BCUT2D eigenvalue weighted by atomic mass is 9.82. The second kappa shape index (κ2) is 7.16. The maximum absolute atomic E-state index is 12.5. The molecule has 1 fully saturated rings. The van der Waals surface area contributed by atoms with E-state index in [1.807, 2.05) is 6.92 Å². The number of aryl methyl sites for hydroxylation is 2. The number of hydrogen-bond acceptors (Lipinski definition) is 5. The van der Waals surface area contributed by atoms with Crippen LogP contribution in [0.3, 0.4) is 0 Å². The van der Waals surface area contributed by atoms with Crippen molar-refractivity contribution in [3.8, 4) is 0 Å². The Morgan fingerprint density at radius 3 is 2.72 bits per heavy atom. The maximum Gasteiger partial charge on any atom is 0.345 e. The van der Waals surface area contributed by atoms with Gasteiger partial charge < -0.3 is 5.32 Å². The molecule has 3 rings (SSSR count). The van der Waals surface area contributed by atoms with Gasteiger partial charge in [0.25, 0.3) is 5.91 Å². The summed E-state index contributed by atoms with van der Waals surface area (Å²) in [5.41, 5.74) is 1.04. The number of nitrogens with zero attached hydrogens (tertiary/aromatic N) is 5. The Bertz CT molecular complexity index is 825. The molecule has 0 aliphatic heterocycles. The highest BCUT2D eigenvalue weighted by Gasteiger charge is 2.29. The van der Waals surface area contributed by atoms with Crippen LogP contribution in [0.2, 0.25) is 0 Å². The van der Waals surface area contributed by atoms with E-state index in [0.29, 0.717) is 12.1 Å². The molecule has 2 aromatic rings. The molecule has 1 amide bonds. The number of nitrogens with one attached hydrogen (secondary N) is 1. The van der Waals surface area contributed by atoms with E-state index in [2.05, 4.69) is 20.4 Å². The van der Waals surface area contributed by atoms with Gasteiger partial charge in [-0.3, -0.25) is 9.36 Å². The summed E-state index contributed by atoms with van der Waals surface area (Å²) < 4.78 is 2.94. The van der Waals surface area contributed by atoms with Gasteiger partial charge in [0.2, 0.25) is 0 Å². The molecule has 1 aliphatic rings. The van der Waals surface area contributed by atoms with Crippen LogP contribution in [0.25, 0.3) is 0 Å². The van der Waals surface area contributed by atoms with Gasteiger partial charge in [-0.15, -0.1) is 0 Å². The van der Waals surface area contributed by atoms with Crippen molar-refractivity contribution >= 4 is 5.91 Å². The summed E-state index contributed by atoms with van der Waals surface area (Å²) in [6, 6.07) is 1.75. The van der Waals surface area contributed by atoms with E-state index >= 15 is 0 Å². The van der Waals surface area contributed by atoms with Gasteiger partial charge >= 0.3 is 5.69 Å². The Kier molecular flexibility index (Phi) is 4.96. The highest BCUT2D eigenvalue weighted by atomic mass is 16.2. The average molecular weight is 344 g/mol. The van der Waals surface area contributed by atoms with Crippen LogP contribution in [-0.4, -0.2) is 36.3 Å². The molecule has 2 aromatic heterocycles. The Morgan fingerprint density at radius 2 is 2.04 bits per heavy atom. The molecule has 0 bridgehead atoms. The van der Waals surface area contributed by atoms with Crippen molar-refractivity contribution in [2.24, 2.45) is 20.0 Å². The normalized spacial score (nSPS) is 20.4. The van der Waals surface area contributed by atoms with Crippen molar-refractivity contribution in [1.29, 1.82) is 0 Å². The molecule has 0 saturated heterocycles. The second-order valence-electron chi connectivity index (χ2n) is 6.75. The molecule has 1 saturated carbocycles. The monoisotopic (exact) mass is 344 g/mol. The number of carbonyl (C=O) groups excluding carboxylic acids is 1. The van der Waals surface area contributed by atoms with Crippen molar-refractivity contribution in [1.82, 2.24) is 29.6 Å². The quantitative estimate of drug-likeness (QED) is 0.883. The van der Waals surface area contributed by atoms with Crippen LogP contribution in [0, 0.1) is 12.8 Å². The van der Waals surface area contributed by atoms with Crippen molar-refractivity contribution < 1.29 is 4.79 Å². The van der Waals surface area contributed by atoms with Crippen molar-refractivity contribution in [3.63, 3.8) is 0 Å². The zero-order valence-corrected chi connectivity index (χ0v) is 14.9. The standard InChI is InChI=1S/C17H24N6O2/c1-11-8-14(19-10-18-11)16(24)20-13-7-5-4-6-12(13)9-15-21-23(3)17(25)22(15)2/h8,10,12-13H,4-7,9H2,1-3H3,(H,20,24)/t12-,13-/m1/s1. The topological polar surface area (TPSA) is 94.7 Å². The number of aromatic nitrogens is 5. The Hall–Kier alpha value is -2.51. The van der Waals surface area contributed by atoms with Crippen LogP contribution in [0.15, 0.2) is 17.2 Å². The van der Waals surface area contributed by atoms with Crippen LogP contribution >= 0.6 is 0 Å².